The van der Waals surface area contributed by atoms with E-state index in [2.05, 4.69) is 12.0 Å². The molecule has 2 aliphatic rings. The number of hydrogen-bond donors (Lipinski definition) is 1. The summed E-state index contributed by atoms with van der Waals surface area (Å²) in [7, 11) is 0. The molecule has 0 atom stereocenters. The van der Waals surface area contributed by atoms with Gasteiger partial charge in [0.15, 0.2) is 0 Å². The van der Waals surface area contributed by atoms with Gasteiger partial charge >= 0.3 is 0 Å². The average Bonchev–Trinajstić information content (AvgIpc) is 3.42. The molecule has 40 heavy (non-hydrogen) atoms. The molecule has 0 saturated carbocycles. The zero-order valence-electron chi connectivity index (χ0n) is 22.1. The molecule has 0 spiro atoms. The smallest absolute Gasteiger partial charge is 0.282 e. The lowest BCUT2D eigenvalue weighted by atomic mass is 9.96. The van der Waals surface area contributed by atoms with Gasteiger partial charge in [-0.3, -0.25) is 19.5 Å². The Bertz CT molecular complexity index is 1670. The highest BCUT2D eigenvalue weighted by molar-refractivity contribution is 6.46. The standard InChI is InChI=1S/C32H29FN4O3/c1-21-16-18-35(19-17-21)29-27(31(39)37(32(29)40)25-15-9-8-14-24(25)33)26-28(23-12-6-3-7-13-23)34-36(30(26)38)20-22-10-4-2-5-11-22/h2-15,21,34H,16-20H2,1H3. The summed E-state index contributed by atoms with van der Waals surface area (Å²) < 4.78 is 16.4. The second-order valence-electron chi connectivity index (χ2n) is 10.4. The van der Waals surface area contributed by atoms with Gasteiger partial charge in [-0.05, 0) is 36.5 Å². The van der Waals surface area contributed by atoms with Crippen molar-refractivity contribution in [3.05, 3.63) is 118 Å². The van der Waals surface area contributed by atoms with Gasteiger partial charge in [0, 0.05) is 18.7 Å². The average molecular weight is 537 g/mol. The van der Waals surface area contributed by atoms with E-state index < -0.39 is 23.2 Å². The number of nitrogens with one attached hydrogen (secondary N) is 1. The van der Waals surface area contributed by atoms with Crippen LogP contribution in [0.1, 0.15) is 30.9 Å². The highest BCUT2D eigenvalue weighted by Gasteiger charge is 2.46. The van der Waals surface area contributed by atoms with Crippen molar-refractivity contribution >= 4 is 23.1 Å². The summed E-state index contributed by atoms with van der Waals surface area (Å²) in [5.74, 6) is -1.53. The fourth-order valence-corrected chi connectivity index (χ4v) is 5.53. The topological polar surface area (TPSA) is 78.4 Å². The number of hydrogen-bond acceptors (Lipinski definition) is 4. The van der Waals surface area contributed by atoms with Gasteiger partial charge in [-0.25, -0.2) is 14.0 Å². The highest BCUT2D eigenvalue weighted by atomic mass is 19.1. The summed E-state index contributed by atoms with van der Waals surface area (Å²) in [6, 6.07) is 24.5. The van der Waals surface area contributed by atoms with E-state index in [4.69, 9.17) is 0 Å². The number of halogens is 1. The Balaban J connectivity index is 1.57. The molecule has 1 N–H and O–H groups in total. The van der Waals surface area contributed by atoms with Crippen LogP contribution in [0, 0.1) is 11.7 Å². The minimum absolute atomic E-state index is 0.00900. The molecule has 0 aliphatic carbocycles. The van der Waals surface area contributed by atoms with Gasteiger partial charge in [0.05, 0.1) is 29.1 Å². The summed E-state index contributed by atoms with van der Waals surface area (Å²) in [6.07, 6.45) is 1.68. The lowest BCUT2D eigenvalue weighted by Gasteiger charge is -2.32. The minimum Gasteiger partial charge on any atom is -0.366 e. The molecule has 1 fully saturated rings. The number of rotatable bonds is 6. The molecule has 2 aliphatic heterocycles. The first kappa shape index (κ1) is 25.6. The van der Waals surface area contributed by atoms with Crippen LogP contribution in [-0.2, 0) is 16.1 Å². The highest BCUT2D eigenvalue weighted by Crippen LogP contribution is 2.39. The number of likely N-dealkylation sites (tertiary alicyclic amines) is 1. The number of nitrogens with zero attached hydrogens (tertiary/aromatic N) is 3. The van der Waals surface area contributed by atoms with Crippen molar-refractivity contribution in [3.8, 4) is 11.3 Å². The minimum atomic E-state index is -0.705. The maximum Gasteiger partial charge on any atom is 0.282 e. The number of carbonyl (C=O) groups is 2. The van der Waals surface area contributed by atoms with E-state index in [9.17, 15) is 18.8 Å². The number of anilines is 1. The molecule has 3 heterocycles. The zero-order valence-corrected chi connectivity index (χ0v) is 22.1. The fourth-order valence-electron chi connectivity index (χ4n) is 5.53. The molecule has 6 rings (SSSR count). The lowest BCUT2D eigenvalue weighted by Crippen LogP contribution is -2.38. The Labute approximate surface area is 231 Å². The van der Waals surface area contributed by atoms with Crippen molar-refractivity contribution in [3.63, 3.8) is 0 Å². The van der Waals surface area contributed by atoms with Crippen molar-refractivity contribution < 1.29 is 14.0 Å². The van der Waals surface area contributed by atoms with Crippen LogP contribution >= 0.6 is 0 Å². The Kier molecular flexibility index (Phi) is 6.67. The first-order chi connectivity index (χ1) is 19.4. The third kappa shape index (κ3) is 4.45. The molecule has 8 heteroatoms. The van der Waals surface area contributed by atoms with E-state index in [-0.39, 0.29) is 29.1 Å². The first-order valence-corrected chi connectivity index (χ1v) is 13.5. The molecule has 0 radical (unpaired) electrons. The summed E-state index contributed by atoms with van der Waals surface area (Å²) in [4.78, 5) is 45.1. The zero-order chi connectivity index (χ0) is 27.8. The summed E-state index contributed by atoms with van der Waals surface area (Å²) in [5.41, 5.74) is 1.77. The molecule has 202 valence electrons. The number of piperidine rings is 1. The molecule has 1 saturated heterocycles. The fraction of sp³-hybridized carbons (Fsp3) is 0.219. The van der Waals surface area contributed by atoms with E-state index >= 15 is 0 Å². The third-order valence-corrected chi connectivity index (χ3v) is 7.70. The first-order valence-electron chi connectivity index (χ1n) is 13.5. The van der Waals surface area contributed by atoms with Gasteiger partial charge in [0.2, 0.25) is 0 Å². The van der Waals surface area contributed by atoms with Crippen LogP contribution in [-0.4, -0.2) is 39.6 Å². The summed E-state index contributed by atoms with van der Waals surface area (Å²) >= 11 is 0. The number of imide groups is 1. The van der Waals surface area contributed by atoms with Gasteiger partial charge in [-0.2, -0.15) is 0 Å². The van der Waals surface area contributed by atoms with Crippen LogP contribution in [0.25, 0.3) is 16.8 Å². The van der Waals surface area contributed by atoms with Crippen LogP contribution in [0.15, 0.2) is 95.4 Å². The number of carbonyl (C=O) groups excluding carboxylic acids is 2. The van der Waals surface area contributed by atoms with E-state index in [1.165, 1.54) is 22.9 Å². The van der Waals surface area contributed by atoms with Crippen LogP contribution in [0.4, 0.5) is 10.1 Å². The Morgan fingerprint density at radius 3 is 2.12 bits per heavy atom. The van der Waals surface area contributed by atoms with Crippen molar-refractivity contribution in [2.24, 2.45) is 5.92 Å². The Morgan fingerprint density at radius 2 is 1.45 bits per heavy atom. The second kappa shape index (κ2) is 10.4. The third-order valence-electron chi connectivity index (χ3n) is 7.70. The number of aromatic amines is 1. The summed E-state index contributed by atoms with van der Waals surface area (Å²) in [6.45, 7) is 3.53. The molecule has 2 amide bonds. The van der Waals surface area contributed by atoms with Crippen molar-refractivity contribution in [2.75, 3.05) is 18.0 Å². The lowest BCUT2D eigenvalue weighted by molar-refractivity contribution is -0.120. The Morgan fingerprint density at radius 1 is 0.825 bits per heavy atom. The molecule has 3 aromatic carbocycles. The molecule has 4 aromatic rings. The molecule has 0 bridgehead atoms. The second-order valence-corrected chi connectivity index (χ2v) is 10.4. The number of H-pyrrole nitrogens is 1. The normalized spacial score (nSPS) is 16.4. The van der Waals surface area contributed by atoms with Gasteiger partial charge in [0.25, 0.3) is 17.4 Å². The Hall–Kier alpha value is -4.72. The maximum atomic E-state index is 15.0. The predicted molar refractivity (Wildman–Crippen MR) is 152 cm³/mol. The molecular formula is C32H29FN4O3. The number of benzene rings is 3. The van der Waals surface area contributed by atoms with Crippen LogP contribution < -0.4 is 10.5 Å². The number of amides is 2. The van der Waals surface area contributed by atoms with Gasteiger partial charge in [-0.1, -0.05) is 79.7 Å². The number of aromatic nitrogens is 2. The van der Waals surface area contributed by atoms with Crippen molar-refractivity contribution in [2.45, 2.75) is 26.3 Å². The quantitative estimate of drug-likeness (QED) is 0.350. The SMILES string of the molecule is CC1CCN(C2=C(c3c(-c4ccccc4)[nH]n(Cc4ccccc4)c3=O)C(=O)N(c3ccccc3F)C2=O)CC1. The molecule has 1 aromatic heterocycles. The van der Waals surface area contributed by atoms with E-state index in [0.29, 0.717) is 30.3 Å². The number of para-hydroxylation sites is 1. The van der Waals surface area contributed by atoms with Crippen molar-refractivity contribution in [1.29, 1.82) is 0 Å². The predicted octanol–water partition coefficient (Wildman–Crippen LogP) is 5.05. The van der Waals surface area contributed by atoms with Crippen LogP contribution in [0.3, 0.4) is 0 Å². The molecule has 7 nitrogen and oxygen atoms in total. The monoisotopic (exact) mass is 536 g/mol. The van der Waals surface area contributed by atoms with E-state index in [0.717, 1.165) is 23.3 Å². The van der Waals surface area contributed by atoms with Gasteiger partial charge in [-0.15, -0.1) is 0 Å². The summed E-state index contributed by atoms with van der Waals surface area (Å²) in [5, 5.41) is 3.22. The van der Waals surface area contributed by atoms with Gasteiger partial charge in [0.1, 0.15) is 11.5 Å². The largest absolute Gasteiger partial charge is 0.366 e. The van der Waals surface area contributed by atoms with Gasteiger partial charge < -0.3 is 4.90 Å². The van der Waals surface area contributed by atoms with E-state index in [1.54, 1.807) is 6.07 Å². The molecule has 0 unspecified atom stereocenters. The van der Waals surface area contributed by atoms with Crippen LogP contribution in [0.2, 0.25) is 0 Å². The maximum absolute atomic E-state index is 15.0. The van der Waals surface area contributed by atoms with E-state index in [1.807, 2.05) is 65.6 Å². The molecular weight excluding hydrogens is 507 g/mol. The van der Waals surface area contributed by atoms with Crippen molar-refractivity contribution in [1.82, 2.24) is 14.7 Å². The van der Waals surface area contributed by atoms with Crippen LogP contribution in [0.5, 0.6) is 0 Å².